The summed E-state index contributed by atoms with van der Waals surface area (Å²) in [5.74, 6) is -0.772. The number of rotatable bonds is 4. The lowest BCUT2D eigenvalue weighted by Gasteiger charge is -2.13. The van der Waals surface area contributed by atoms with E-state index in [4.69, 9.17) is 0 Å². The molecule has 0 bridgehead atoms. The third kappa shape index (κ3) is 3.35. The molecule has 0 saturated carbocycles. The second-order valence-corrected chi connectivity index (χ2v) is 6.07. The van der Waals surface area contributed by atoms with Gasteiger partial charge >= 0.3 is 0 Å². The number of amides is 1. The van der Waals surface area contributed by atoms with Gasteiger partial charge in [0, 0.05) is 10.0 Å². The van der Waals surface area contributed by atoms with Crippen molar-refractivity contribution in [3.63, 3.8) is 0 Å². The normalized spacial score (nSPS) is 12.0. The molecule has 3 aromatic rings. The van der Waals surface area contributed by atoms with E-state index in [1.54, 1.807) is 25.1 Å². The molecule has 1 atom stereocenters. The van der Waals surface area contributed by atoms with Gasteiger partial charge in [-0.15, -0.1) is 5.10 Å². The monoisotopic (exact) mass is 388 g/mol. The number of hydrogen-bond donors (Lipinski definition) is 1. The molecule has 122 valence electrons. The summed E-state index contributed by atoms with van der Waals surface area (Å²) in [7, 11) is 0. The lowest BCUT2D eigenvalue weighted by Crippen LogP contribution is -2.27. The molecule has 0 spiro atoms. The molecule has 0 radical (unpaired) electrons. The van der Waals surface area contributed by atoms with E-state index >= 15 is 0 Å². The first-order valence-corrected chi connectivity index (χ1v) is 8.08. The van der Waals surface area contributed by atoms with Crippen molar-refractivity contribution in [3.8, 4) is 5.69 Å². The number of hydrogen-bond acceptors (Lipinski definition) is 3. The number of halogens is 2. The molecule has 0 saturated heterocycles. The van der Waals surface area contributed by atoms with Crippen LogP contribution in [-0.2, 0) is 0 Å². The molecule has 2 aromatic carbocycles. The van der Waals surface area contributed by atoms with E-state index in [0.717, 1.165) is 10.2 Å². The van der Waals surface area contributed by atoms with Gasteiger partial charge in [-0.25, -0.2) is 9.07 Å². The number of nitrogens with one attached hydrogen (secondary N) is 1. The van der Waals surface area contributed by atoms with Crippen LogP contribution in [0.3, 0.4) is 0 Å². The minimum atomic E-state index is -0.479. The van der Waals surface area contributed by atoms with Crippen LogP contribution < -0.4 is 5.32 Å². The zero-order valence-electron chi connectivity index (χ0n) is 12.8. The van der Waals surface area contributed by atoms with E-state index in [1.807, 2.05) is 24.3 Å². The standard InChI is InChI=1S/C17H14BrFN4O/c1-11(12-6-2-4-8-14(12)19)20-17(24)15-10-23(22-21-15)16-9-5-3-7-13(16)18/h2-11H,1H3,(H,20,24)/t11-/m0/s1. The minimum Gasteiger partial charge on any atom is -0.344 e. The summed E-state index contributed by atoms with van der Waals surface area (Å²) >= 11 is 3.43. The highest BCUT2D eigenvalue weighted by Gasteiger charge is 2.17. The highest BCUT2D eigenvalue weighted by atomic mass is 79.9. The van der Waals surface area contributed by atoms with Crippen molar-refractivity contribution in [2.45, 2.75) is 13.0 Å². The Kier molecular flexibility index (Phi) is 4.71. The van der Waals surface area contributed by atoms with Gasteiger partial charge in [0.1, 0.15) is 5.82 Å². The Hall–Kier alpha value is -2.54. The van der Waals surface area contributed by atoms with E-state index in [9.17, 15) is 9.18 Å². The van der Waals surface area contributed by atoms with E-state index in [0.29, 0.717) is 5.56 Å². The second-order valence-electron chi connectivity index (χ2n) is 5.22. The van der Waals surface area contributed by atoms with Crippen molar-refractivity contribution in [1.29, 1.82) is 0 Å². The minimum absolute atomic E-state index is 0.161. The smallest absolute Gasteiger partial charge is 0.273 e. The van der Waals surface area contributed by atoms with Gasteiger partial charge in [0.2, 0.25) is 0 Å². The van der Waals surface area contributed by atoms with E-state index in [2.05, 4.69) is 31.6 Å². The SMILES string of the molecule is C[C@H](NC(=O)c1cn(-c2ccccc2Br)nn1)c1ccccc1F. The van der Waals surface area contributed by atoms with Crippen LogP contribution in [0.15, 0.2) is 59.2 Å². The van der Waals surface area contributed by atoms with Crippen molar-refractivity contribution in [2.75, 3.05) is 0 Å². The lowest BCUT2D eigenvalue weighted by atomic mass is 10.1. The molecule has 5 nitrogen and oxygen atoms in total. The molecule has 7 heteroatoms. The lowest BCUT2D eigenvalue weighted by molar-refractivity contribution is 0.0934. The van der Waals surface area contributed by atoms with Crippen LogP contribution in [-0.4, -0.2) is 20.9 Å². The largest absolute Gasteiger partial charge is 0.344 e. The summed E-state index contributed by atoms with van der Waals surface area (Å²) < 4.78 is 16.1. The molecule has 1 N–H and O–H groups in total. The Morgan fingerprint density at radius 2 is 1.92 bits per heavy atom. The van der Waals surface area contributed by atoms with Crippen molar-refractivity contribution in [1.82, 2.24) is 20.3 Å². The number of benzene rings is 2. The highest BCUT2D eigenvalue weighted by molar-refractivity contribution is 9.10. The van der Waals surface area contributed by atoms with Crippen molar-refractivity contribution in [3.05, 3.63) is 76.3 Å². The Balaban J connectivity index is 1.77. The summed E-state index contributed by atoms with van der Waals surface area (Å²) in [6.45, 7) is 1.72. The van der Waals surface area contributed by atoms with Crippen molar-refractivity contribution < 1.29 is 9.18 Å². The third-order valence-electron chi connectivity index (χ3n) is 3.54. The van der Waals surface area contributed by atoms with Gasteiger partial charge in [-0.1, -0.05) is 35.5 Å². The van der Waals surface area contributed by atoms with Crippen LogP contribution >= 0.6 is 15.9 Å². The average Bonchev–Trinajstić information content (AvgIpc) is 3.05. The van der Waals surface area contributed by atoms with Gasteiger partial charge < -0.3 is 5.32 Å². The van der Waals surface area contributed by atoms with E-state index < -0.39 is 11.9 Å². The van der Waals surface area contributed by atoms with Crippen molar-refractivity contribution >= 4 is 21.8 Å². The maximum Gasteiger partial charge on any atom is 0.273 e. The molecule has 1 amide bonds. The van der Waals surface area contributed by atoms with E-state index in [-0.39, 0.29) is 11.5 Å². The van der Waals surface area contributed by atoms with Gasteiger partial charge in [-0.2, -0.15) is 0 Å². The summed E-state index contributed by atoms with van der Waals surface area (Å²) in [5.41, 5.74) is 1.35. The van der Waals surface area contributed by atoms with Gasteiger partial charge in [-0.3, -0.25) is 4.79 Å². The van der Waals surface area contributed by atoms with Crippen LogP contribution in [0.2, 0.25) is 0 Å². The molecule has 1 aromatic heterocycles. The maximum absolute atomic E-state index is 13.8. The summed E-state index contributed by atoms with van der Waals surface area (Å²) in [5, 5.41) is 10.6. The molecule has 3 rings (SSSR count). The molecule has 0 aliphatic heterocycles. The molecule has 0 fully saturated rings. The summed E-state index contributed by atoms with van der Waals surface area (Å²) in [4.78, 5) is 12.3. The Labute approximate surface area is 146 Å². The molecular weight excluding hydrogens is 375 g/mol. The zero-order valence-corrected chi connectivity index (χ0v) is 14.4. The topological polar surface area (TPSA) is 59.8 Å². The van der Waals surface area contributed by atoms with Crippen LogP contribution in [0.1, 0.15) is 29.0 Å². The van der Waals surface area contributed by atoms with Crippen molar-refractivity contribution in [2.24, 2.45) is 0 Å². The number of para-hydroxylation sites is 1. The molecule has 0 aliphatic carbocycles. The molecule has 1 heterocycles. The summed E-state index contributed by atoms with van der Waals surface area (Å²) in [6, 6.07) is 13.3. The second kappa shape index (κ2) is 6.92. The van der Waals surface area contributed by atoms with Crippen LogP contribution in [0.4, 0.5) is 4.39 Å². The quantitative estimate of drug-likeness (QED) is 0.741. The summed E-state index contributed by atoms with van der Waals surface area (Å²) in [6.07, 6.45) is 1.53. The molecule has 0 unspecified atom stereocenters. The first-order chi connectivity index (χ1) is 11.6. The number of carbonyl (C=O) groups excluding carboxylic acids is 1. The maximum atomic E-state index is 13.8. The predicted octanol–water partition coefficient (Wildman–Crippen LogP) is 3.66. The van der Waals surface area contributed by atoms with Crippen LogP contribution in [0.5, 0.6) is 0 Å². The molecule has 0 aliphatic rings. The predicted molar refractivity (Wildman–Crippen MR) is 91.3 cm³/mol. The molecular formula is C17H14BrFN4O. The molecule has 24 heavy (non-hydrogen) atoms. The average molecular weight is 389 g/mol. The number of nitrogens with zero attached hydrogens (tertiary/aromatic N) is 3. The number of aromatic nitrogens is 3. The van der Waals surface area contributed by atoms with Crippen LogP contribution in [0, 0.1) is 5.82 Å². The first kappa shape index (κ1) is 16.3. The number of carbonyl (C=O) groups is 1. The Morgan fingerprint density at radius 1 is 1.21 bits per heavy atom. The van der Waals surface area contributed by atoms with Gasteiger partial charge in [-0.05, 0) is 41.1 Å². The first-order valence-electron chi connectivity index (χ1n) is 7.29. The zero-order chi connectivity index (χ0) is 17.1. The fourth-order valence-electron chi connectivity index (χ4n) is 2.30. The van der Waals surface area contributed by atoms with Crippen LogP contribution in [0.25, 0.3) is 5.69 Å². The fraction of sp³-hybridized carbons (Fsp3) is 0.118. The highest BCUT2D eigenvalue weighted by Crippen LogP contribution is 2.20. The Bertz CT molecular complexity index is 880. The van der Waals surface area contributed by atoms with Gasteiger partial charge in [0.25, 0.3) is 5.91 Å². The fourth-order valence-corrected chi connectivity index (χ4v) is 2.76. The third-order valence-corrected chi connectivity index (χ3v) is 4.22. The van der Waals surface area contributed by atoms with Gasteiger partial charge in [0.15, 0.2) is 5.69 Å². The van der Waals surface area contributed by atoms with E-state index in [1.165, 1.54) is 16.9 Å². The van der Waals surface area contributed by atoms with Gasteiger partial charge in [0.05, 0.1) is 17.9 Å². The Morgan fingerprint density at radius 3 is 2.67 bits per heavy atom.